The third-order valence-electron chi connectivity index (χ3n) is 4.78. The second-order valence-electron chi connectivity index (χ2n) is 6.44. The van der Waals surface area contributed by atoms with Crippen LogP contribution in [0.25, 0.3) is 0 Å². The number of carbonyl (C=O) groups excluding carboxylic acids is 1. The maximum atomic E-state index is 13.3. The number of nitrogens with zero attached hydrogens (tertiary/aromatic N) is 1. The fourth-order valence-electron chi connectivity index (χ4n) is 3.43. The lowest BCUT2D eigenvalue weighted by Crippen LogP contribution is -2.30. The van der Waals surface area contributed by atoms with Crippen LogP contribution in [-0.4, -0.2) is 12.5 Å². The summed E-state index contributed by atoms with van der Waals surface area (Å²) >= 11 is 0. The zero-order valence-corrected chi connectivity index (χ0v) is 13.9. The topological polar surface area (TPSA) is 20.3 Å². The first-order valence-electron chi connectivity index (χ1n) is 8.36. The van der Waals surface area contributed by atoms with Crippen molar-refractivity contribution < 1.29 is 9.18 Å². The van der Waals surface area contributed by atoms with Gasteiger partial charge in [-0.05, 0) is 48.4 Å². The summed E-state index contributed by atoms with van der Waals surface area (Å²) < 4.78 is 13.3. The summed E-state index contributed by atoms with van der Waals surface area (Å²) in [6.07, 6.45) is 0. The van der Waals surface area contributed by atoms with Crippen LogP contribution < -0.4 is 4.90 Å². The average molecular weight is 331 g/mol. The molecule has 1 aliphatic heterocycles. The molecule has 0 saturated carbocycles. The molecule has 25 heavy (non-hydrogen) atoms. The predicted octanol–water partition coefficient (Wildman–Crippen LogP) is 4.93. The molecule has 3 aromatic carbocycles. The number of anilines is 1. The SMILES string of the molecule is Cc1ccc(C(=O)N2CC(c3ccc(F)cc3)c3ccccc32)cc1. The van der Waals surface area contributed by atoms with E-state index >= 15 is 0 Å². The summed E-state index contributed by atoms with van der Waals surface area (Å²) in [6.45, 7) is 2.57. The molecule has 1 heterocycles. The van der Waals surface area contributed by atoms with Gasteiger partial charge in [-0.2, -0.15) is 0 Å². The van der Waals surface area contributed by atoms with Crippen LogP contribution in [0.2, 0.25) is 0 Å². The predicted molar refractivity (Wildman–Crippen MR) is 97.5 cm³/mol. The average Bonchev–Trinajstić information content (AvgIpc) is 3.02. The quantitative estimate of drug-likeness (QED) is 0.652. The standard InChI is InChI=1S/C22H18FNO/c1-15-6-8-17(9-7-15)22(25)24-14-20(16-10-12-18(23)13-11-16)19-4-2-3-5-21(19)24/h2-13,20H,14H2,1H3. The van der Waals surface area contributed by atoms with Crippen LogP contribution in [0.4, 0.5) is 10.1 Å². The van der Waals surface area contributed by atoms with Crippen LogP contribution in [-0.2, 0) is 0 Å². The fourth-order valence-corrected chi connectivity index (χ4v) is 3.43. The number of amides is 1. The number of rotatable bonds is 2. The van der Waals surface area contributed by atoms with Gasteiger partial charge in [0.15, 0.2) is 0 Å². The van der Waals surface area contributed by atoms with Gasteiger partial charge in [-0.3, -0.25) is 4.79 Å². The molecule has 0 fully saturated rings. The van der Waals surface area contributed by atoms with Gasteiger partial charge in [-0.1, -0.05) is 48.0 Å². The number of carbonyl (C=O) groups is 1. The lowest BCUT2D eigenvalue weighted by molar-refractivity contribution is 0.0988. The van der Waals surface area contributed by atoms with E-state index < -0.39 is 0 Å². The Balaban J connectivity index is 1.72. The molecule has 1 amide bonds. The van der Waals surface area contributed by atoms with Crippen molar-refractivity contribution in [2.75, 3.05) is 11.4 Å². The minimum atomic E-state index is -0.248. The van der Waals surface area contributed by atoms with E-state index in [0.29, 0.717) is 12.1 Å². The molecule has 0 saturated heterocycles. The van der Waals surface area contributed by atoms with Crippen LogP contribution in [0.1, 0.15) is 33.0 Å². The molecular formula is C22H18FNO. The molecule has 1 aliphatic rings. The van der Waals surface area contributed by atoms with E-state index in [4.69, 9.17) is 0 Å². The largest absolute Gasteiger partial charge is 0.307 e. The molecule has 0 aromatic heterocycles. The van der Waals surface area contributed by atoms with E-state index in [1.807, 2.05) is 60.4 Å². The number of halogens is 1. The van der Waals surface area contributed by atoms with Crippen LogP contribution in [0.5, 0.6) is 0 Å². The van der Waals surface area contributed by atoms with E-state index in [0.717, 1.165) is 22.4 Å². The van der Waals surface area contributed by atoms with Crippen LogP contribution in [0.3, 0.4) is 0 Å². The molecule has 0 radical (unpaired) electrons. The Hall–Kier alpha value is -2.94. The zero-order chi connectivity index (χ0) is 17.4. The third-order valence-corrected chi connectivity index (χ3v) is 4.78. The maximum absolute atomic E-state index is 13.3. The lowest BCUT2D eigenvalue weighted by Gasteiger charge is -2.18. The van der Waals surface area contributed by atoms with Gasteiger partial charge in [0.1, 0.15) is 5.82 Å². The minimum absolute atomic E-state index is 0.00272. The summed E-state index contributed by atoms with van der Waals surface area (Å²) in [6, 6.07) is 22.1. The fraction of sp³-hybridized carbons (Fsp3) is 0.136. The molecule has 4 rings (SSSR count). The Labute approximate surface area is 146 Å². The van der Waals surface area contributed by atoms with Crippen molar-refractivity contribution in [3.05, 3.63) is 101 Å². The first kappa shape index (κ1) is 15.6. The van der Waals surface area contributed by atoms with Crippen molar-refractivity contribution >= 4 is 11.6 Å². The van der Waals surface area contributed by atoms with Gasteiger partial charge in [-0.25, -0.2) is 4.39 Å². The van der Waals surface area contributed by atoms with E-state index in [-0.39, 0.29) is 17.6 Å². The Morgan fingerprint density at radius 3 is 2.36 bits per heavy atom. The summed E-state index contributed by atoms with van der Waals surface area (Å²) in [5, 5.41) is 0. The summed E-state index contributed by atoms with van der Waals surface area (Å²) in [5.74, 6) is -0.189. The number of fused-ring (bicyclic) bond motifs is 1. The highest BCUT2D eigenvalue weighted by Gasteiger charge is 2.33. The van der Waals surface area contributed by atoms with Gasteiger partial charge in [0.25, 0.3) is 5.91 Å². The number of hydrogen-bond donors (Lipinski definition) is 0. The first-order valence-corrected chi connectivity index (χ1v) is 8.36. The number of hydrogen-bond acceptors (Lipinski definition) is 1. The molecule has 0 spiro atoms. The highest BCUT2D eigenvalue weighted by atomic mass is 19.1. The summed E-state index contributed by atoms with van der Waals surface area (Å²) in [7, 11) is 0. The number of benzene rings is 3. The molecule has 0 N–H and O–H groups in total. The normalized spacial score (nSPS) is 15.9. The summed E-state index contributed by atoms with van der Waals surface area (Å²) in [4.78, 5) is 14.8. The van der Waals surface area contributed by atoms with E-state index in [2.05, 4.69) is 0 Å². The molecule has 3 aromatic rings. The van der Waals surface area contributed by atoms with Crippen LogP contribution in [0, 0.1) is 12.7 Å². The van der Waals surface area contributed by atoms with Gasteiger partial charge in [0, 0.05) is 23.7 Å². The summed E-state index contributed by atoms with van der Waals surface area (Å²) in [5.41, 5.74) is 4.87. The van der Waals surface area contributed by atoms with Crippen molar-refractivity contribution in [2.24, 2.45) is 0 Å². The second kappa shape index (κ2) is 6.17. The smallest absolute Gasteiger partial charge is 0.258 e. The van der Waals surface area contributed by atoms with E-state index in [1.165, 1.54) is 12.1 Å². The third kappa shape index (κ3) is 2.82. The minimum Gasteiger partial charge on any atom is -0.307 e. The Morgan fingerprint density at radius 1 is 0.960 bits per heavy atom. The Kier molecular flexibility index (Phi) is 3.85. The molecule has 0 bridgehead atoms. The monoisotopic (exact) mass is 331 g/mol. The first-order chi connectivity index (χ1) is 12.1. The molecule has 1 unspecified atom stereocenters. The molecule has 2 nitrogen and oxygen atoms in total. The Bertz CT molecular complexity index is 916. The van der Waals surface area contributed by atoms with Crippen LogP contribution >= 0.6 is 0 Å². The van der Waals surface area contributed by atoms with Crippen molar-refractivity contribution in [1.29, 1.82) is 0 Å². The number of para-hydroxylation sites is 1. The van der Waals surface area contributed by atoms with Gasteiger partial charge in [0.2, 0.25) is 0 Å². The molecule has 0 aliphatic carbocycles. The van der Waals surface area contributed by atoms with E-state index in [1.54, 1.807) is 12.1 Å². The van der Waals surface area contributed by atoms with Crippen molar-refractivity contribution in [1.82, 2.24) is 0 Å². The molecule has 124 valence electrons. The van der Waals surface area contributed by atoms with Crippen molar-refractivity contribution in [3.63, 3.8) is 0 Å². The van der Waals surface area contributed by atoms with Gasteiger partial charge in [0.05, 0.1) is 0 Å². The second-order valence-corrected chi connectivity index (χ2v) is 6.44. The van der Waals surface area contributed by atoms with Crippen LogP contribution in [0.15, 0.2) is 72.8 Å². The molecule has 3 heteroatoms. The van der Waals surface area contributed by atoms with Crippen molar-refractivity contribution in [3.8, 4) is 0 Å². The molecule has 1 atom stereocenters. The zero-order valence-electron chi connectivity index (χ0n) is 13.9. The van der Waals surface area contributed by atoms with E-state index in [9.17, 15) is 9.18 Å². The van der Waals surface area contributed by atoms with Crippen molar-refractivity contribution in [2.45, 2.75) is 12.8 Å². The van der Waals surface area contributed by atoms with Gasteiger partial charge in [-0.15, -0.1) is 0 Å². The Morgan fingerprint density at radius 2 is 1.64 bits per heavy atom. The highest BCUT2D eigenvalue weighted by molar-refractivity contribution is 6.07. The maximum Gasteiger partial charge on any atom is 0.258 e. The van der Waals surface area contributed by atoms with Gasteiger partial charge >= 0.3 is 0 Å². The van der Waals surface area contributed by atoms with Gasteiger partial charge < -0.3 is 4.90 Å². The highest BCUT2D eigenvalue weighted by Crippen LogP contribution is 2.40. The lowest BCUT2D eigenvalue weighted by atomic mass is 9.93. The molecular weight excluding hydrogens is 313 g/mol. The number of aryl methyl sites for hydroxylation is 1.